The summed E-state index contributed by atoms with van der Waals surface area (Å²) < 4.78 is 5.15. The minimum Gasteiger partial charge on any atom is -0.495 e. The Hall–Kier alpha value is -0.540. The maximum atomic E-state index is 9.99. The fourth-order valence-corrected chi connectivity index (χ4v) is 2.16. The van der Waals surface area contributed by atoms with Crippen LogP contribution in [0.1, 0.15) is 31.8 Å². The first-order valence-corrected chi connectivity index (χ1v) is 5.14. The van der Waals surface area contributed by atoms with Crippen LogP contribution in [0.3, 0.4) is 0 Å². The zero-order valence-electron chi connectivity index (χ0n) is 8.50. The molecule has 0 bridgehead atoms. The van der Waals surface area contributed by atoms with Gasteiger partial charge in [-0.25, -0.2) is 0 Å². The molecule has 1 heterocycles. The smallest absolute Gasteiger partial charge is 0.135 e. The fourth-order valence-electron chi connectivity index (χ4n) is 1.07. The van der Waals surface area contributed by atoms with Crippen molar-refractivity contribution in [3.8, 4) is 5.75 Å². The van der Waals surface area contributed by atoms with Gasteiger partial charge in [0.25, 0.3) is 0 Å². The van der Waals surface area contributed by atoms with Crippen LogP contribution in [0.4, 0.5) is 0 Å². The third-order valence-corrected chi connectivity index (χ3v) is 2.90. The Balaban J connectivity index is 2.94. The summed E-state index contributed by atoms with van der Waals surface area (Å²) in [6, 6.07) is 1.88. The van der Waals surface area contributed by atoms with Crippen LogP contribution in [-0.2, 0) is 0 Å². The highest BCUT2D eigenvalue weighted by Gasteiger charge is 2.27. The van der Waals surface area contributed by atoms with Gasteiger partial charge in [0.1, 0.15) is 5.75 Å². The summed E-state index contributed by atoms with van der Waals surface area (Å²) in [7, 11) is 1.63. The van der Waals surface area contributed by atoms with Crippen molar-refractivity contribution in [2.24, 2.45) is 5.41 Å². The zero-order chi connectivity index (χ0) is 10.1. The van der Waals surface area contributed by atoms with E-state index in [0.717, 1.165) is 10.6 Å². The molecule has 1 unspecified atom stereocenters. The molecule has 2 nitrogen and oxygen atoms in total. The van der Waals surface area contributed by atoms with Crippen molar-refractivity contribution in [3.05, 3.63) is 16.3 Å². The monoisotopic (exact) mass is 200 g/mol. The van der Waals surface area contributed by atoms with E-state index in [-0.39, 0.29) is 5.41 Å². The van der Waals surface area contributed by atoms with E-state index in [0.29, 0.717) is 0 Å². The van der Waals surface area contributed by atoms with E-state index in [9.17, 15) is 5.11 Å². The summed E-state index contributed by atoms with van der Waals surface area (Å²) in [6.45, 7) is 6.03. The highest BCUT2D eigenvalue weighted by atomic mass is 32.1. The third kappa shape index (κ3) is 2.23. The summed E-state index contributed by atoms with van der Waals surface area (Å²) >= 11 is 1.53. The highest BCUT2D eigenvalue weighted by Crippen LogP contribution is 2.40. The molecule has 0 amide bonds. The lowest BCUT2D eigenvalue weighted by molar-refractivity contribution is 0.0637. The SMILES string of the molecule is COc1ccsc1C(O)C(C)(C)C. The molecule has 0 aliphatic heterocycles. The van der Waals surface area contributed by atoms with Crippen molar-refractivity contribution < 1.29 is 9.84 Å². The number of aliphatic hydroxyl groups excluding tert-OH is 1. The molecular formula is C10H16O2S. The fraction of sp³-hybridized carbons (Fsp3) is 0.600. The second-order valence-corrected chi connectivity index (χ2v) is 5.07. The topological polar surface area (TPSA) is 29.5 Å². The van der Waals surface area contributed by atoms with Gasteiger partial charge in [0, 0.05) is 0 Å². The van der Waals surface area contributed by atoms with Gasteiger partial charge >= 0.3 is 0 Å². The largest absolute Gasteiger partial charge is 0.495 e. The third-order valence-electron chi connectivity index (χ3n) is 1.95. The standard InChI is InChI=1S/C10H16O2S/c1-10(2,3)9(11)8-7(12-4)5-6-13-8/h5-6,9,11H,1-4H3. The summed E-state index contributed by atoms with van der Waals surface area (Å²) in [5, 5.41) is 11.9. The number of methoxy groups -OCH3 is 1. The summed E-state index contributed by atoms with van der Waals surface area (Å²) in [5.74, 6) is 0.785. The van der Waals surface area contributed by atoms with Crippen molar-refractivity contribution >= 4 is 11.3 Å². The average molecular weight is 200 g/mol. The lowest BCUT2D eigenvalue weighted by atomic mass is 9.88. The summed E-state index contributed by atoms with van der Waals surface area (Å²) in [5.41, 5.74) is -0.141. The van der Waals surface area contributed by atoms with Crippen LogP contribution in [0.5, 0.6) is 5.75 Å². The van der Waals surface area contributed by atoms with Crippen molar-refractivity contribution in [2.75, 3.05) is 7.11 Å². The molecule has 1 rings (SSSR count). The first kappa shape index (κ1) is 10.5. The molecule has 0 radical (unpaired) electrons. The van der Waals surface area contributed by atoms with Crippen LogP contribution < -0.4 is 4.74 Å². The van der Waals surface area contributed by atoms with Crippen LogP contribution in [-0.4, -0.2) is 12.2 Å². The van der Waals surface area contributed by atoms with Gasteiger partial charge < -0.3 is 9.84 Å². The normalized spacial score (nSPS) is 14.2. The zero-order valence-corrected chi connectivity index (χ0v) is 9.31. The lowest BCUT2D eigenvalue weighted by Crippen LogP contribution is -2.17. The van der Waals surface area contributed by atoms with Gasteiger partial charge in [0.15, 0.2) is 0 Å². The number of rotatable bonds is 2. The molecule has 1 atom stereocenters. The van der Waals surface area contributed by atoms with E-state index in [1.54, 1.807) is 7.11 Å². The average Bonchev–Trinajstić information content (AvgIpc) is 2.48. The van der Waals surface area contributed by atoms with E-state index < -0.39 is 6.10 Å². The molecule has 74 valence electrons. The van der Waals surface area contributed by atoms with Crippen LogP contribution in [0, 0.1) is 5.41 Å². The molecule has 1 N–H and O–H groups in total. The van der Waals surface area contributed by atoms with E-state index >= 15 is 0 Å². The lowest BCUT2D eigenvalue weighted by Gasteiger charge is -2.25. The molecule has 0 saturated heterocycles. The Morgan fingerprint density at radius 1 is 1.46 bits per heavy atom. The van der Waals surface area contributed by atoms with E-state index in [1.165, 1.54) is 11.3 Å². The molecule has 3 heteroatoms. The molecule has 0 aromatic carbocycles. The van der Waals surface area contributed by atoms with Gasteiger partial charge in [-0.05, 0) is 16.9 Å². The predicted octanol–water partition coefficient (Wildman–Crippen LogP) is 2.84. The minimum absolute atomic E-state index is 0.141. The van der Waals surface area contributed by atoms with Crippen molar-refractivity contribution in [1.29, 1.82) is 0 Å². The van der Waals surface area contributed by atoms with Crippen LogP contribution in [0.2, 0.25) is 0 Å². The second kappa shape index (κ2) is 3.68. The van der Waals surface area contributed by atoms with Crippen LogP contribution in [0.25, 0.3) is 0 Å². The van der Waals surface area contributed by atoms with E-state index in [2.05, 4.69) is 0 Å². The van der Waals surface area contributed by atoms with Gasteiger partial charge in [-0.2, -0.15) is 0 Å². The Morgan fingerprint density at radius 2 is 2.08 bits per heavy atom. The number of thiophene rings is 1. The molecule has 0 aliphatic carbocycles. The molecular weight excluding hydrogens is 184 g/mol. The van der Waals surface area contributed by atoms with E-state index in [4.69, 9.17) is 4.74 Å². The molecule has 1 aromatic heterocycles. The molecule has 1 aromatic rings. The Bertz CT molecular complexity index is 273. The number of aliphatic hydroxyl groups is 1. The van der Waals surface area contributed by atoms with Crippen molar-refractivity contribution in [2.45, 2.75) is 26.9 Å². The van der Waals surface area contributed by atoms with Gasteiger partial charge in [-0.3, -0.25) is 0 Å². The number of hydrogen-bond donors (Lipinski definition) is 1. The first-order valence-electron chi connectivity index (χ1n) is 4.26. The van der Waals surface area contributed by atoms with Crippen molar-refractivity contribution in [1.82, 2.24) is 0 Å². The Labute approximate surface area is 83.2 Å². The number of hydrogen-bond acceptors (Lipinski definition) is 3. The van der Waals surface area contributed by atoms with Crippen LogP contribution in [0.15, 0.2) is 11.4 Å². The summed E-state index contributed by atoms with van der Waals surface area (Å²) in [4.78, 5) is 0.912. The van der Waals surface area contributed by atoms with E-state index in [1.807, 2.05) is 32.2 Å². The highest BCUT2D eigenvalue weighted by molar-refractivity contribution is 7.10. The predicted molar refractivity (Wildman–Crippen MR) is 55.3 cm³/mol. The molecule has 13 heavy (non-hydrogen) atoms. The minimum atomic E-state index is -0.456. The maximum Gasteiger partial charge on any atom is 0.135 e. The van der Waals surface area contributed by atoms with Gasteiger partial charge in [0.2, 0.25) is 0 Å². The quantitative estimate of drug-likeness (QED) is 0.795. The summed E-state index contributed by atoms with van der Waals surface area (Å²) in [6.07, 6.45) is -0.456. The molecule has 0 fully saturated rings. The van der Waals surface area contributed by atoms with Crippen LogP contribution >= 0.6 is 11.3 Å². The Kier molecular flexibility index (Phi) is 2.98. The molecule has 0 aliphatic rings. The van der Waals surface area contributed by atoms with Gasteiger partial charge in [0.05, 0.1) is 18.1 Å². The maximum absolute atomic E-state index is 9.99. The Morgan fingerprint density at radius 3 is 2.54 bits per heavy atom. The van der Waals surface area contributed by atoms with Gasteiger partial charge in [-0.15, -0.1) is 11.3 Å². The van der Waals surface area contributed by atoms with Gasteiger partial charge in [-0.1, -0.05) is 20.8 Å². The molecule has 0 spiro atoms. The number of ether oxygens (including phenoxy) is 1. The molecule has 0 saturated carbocycles. The van der Waals surface area contributed by atoms with Crippen molar-refractivity contribution in [3.63, 3.8) is 0 Å². The first-order chi connectivity index (χ1) is 5.96. The second-order valence-electron chi connectivity index (χ2n) is 4.12.